The van der Waals surface area contributed by atoms with Crippen molar-refractivity contribution in [2.24, 2.45) is 0 Å². The molecule has 4 amide bonds. The molecule has 9 nitrogen and oxygen atoms in total. The number of carbonyl (C=O) groups excluding carboxylic acids is 3. The van der Waals surface area contributed by atoms with Crippen molar-refractivity contribution >= 4 is 29.2 Å². The van der Waals surface area contributed by atoms with Crippen molar-refractivity contribution < 1.29 is 19.3 Å². The Labute approximate surface area is 172 Å². The van der Waals surface area contributed by atoms with E-state index in [1.807, 2.05) is 18.2 Å². The van der Waals surface area contributed by atoms with Crippen LogP contribution in [0, 0.1) is 10.1 Å². The van der Waals surface area contributed by atoms with Crippen molar-refractivity contribution in [2.75, 3.05) is 11.9 Å². The lowest BCUT2D eigenvalue weighted by Gasteiger charge is -2.23. The van der Waals surface area contributed by atoms with E-state index in [0.717, 1.165) is 24.2 Å². The number of carbonyl (C=O) groups is 3. The van der Waals surface area contributed by atoms with Crippen LogP contribution in [0.2, 0.25) is 0 Å². The van der Waals surface area contributed by atoms with Gasteiger partial charge in [0, 0.05) is 17.8 Å². The van der Waals surface area contributed by atoms with Gasteiger partial charge in [-0.2, -0.15) is 0 Å². The molecule has 0 radical (unpaired) electrons. The normalized spacial score (nSPS) is 20.1. The highest BCUT2D eigenvalue weighted by Crippen LogP contribution is 2.32. The average molecular weight is 408 g/mol. The molecule has 0 saturated carbocycles. The molecule has 2 aromatic carbocycles. The minimum atomic E-state index is -1.25. The molecule has 30 heavy (non-hydrogen) atoms. The van der Waals surface area contributed by atoms with Crippen LogP contribution in [0.3, 0.4) is 0 Å². The Balaban J connectivity index is 1.49. The summed E-state index contributed by atoms with van der Waals surface area (Å²) in [4.78, 5) is 49.0. The van der Waals surface area contributed by atoms with Crippen molar-refractivity contribution in [3.63, 3.8) is 0 Å². The second-order valence-electron chi connectivity index (χ2n) is 7.64. The number of imide groups is 1. The molecule has 4 rings (SSSR count). The van der Waals surface area contributed by atoms with Crippen LogP contribution < -0.4 is 10.6 Å². The fraction of sp³-hybridized carbons (Fsp3) is 0.286. The molecule has 0 bridgehead atoms. The summed E-state index contributed by atoms with van der Waals surface area (Å²) in [6.07, 6.45) is 3.02. The maximum Gasteiger partial charge on any atom is 0.325 e. The zero-order valence-corrected chi connectivity index (χ0v) is 16.3. The van der Waals surface area contributed by atoms with Crippen molar-refractivity contribution in [1.82, 2.24) is 10.2 Å². The predicted molar refractivity (Wildman–Crippen MR) is 108 cm³/mol. The minimum absolute atomic E-state index is 0.174. The molecule has 0 unspecified atom stereocenters. The van der Waals surface area contributed by atoms with Gasteiger partial charge in [-0.3, -0.25) is 24.6 Å². The maximum atomic E-state index is 13.0. The van der Waals surface area contributed by atoms with E-state index in [1.54, 1.807) is 6.92 Å². The number of benzene rings is 2. The Morgan fingerprint density at radius 2 is 1.97 bits per heavy atom. The highest BCUT2D eigenvalue weighted by molar-refractivity contribution is 6.10. The first-order valence-electron chi connectivity index (χ1n) is 9.58. The van der Waals surface area contributed by atoms with Gasteiger partial charge >= 0.3 is 6.03 Å². The molecular weight excluding hydrogens is 388 g/mol. The fourth-order valence-corrected chi connectivity index (χ4v) is 3.96. The van der Waals surface area contributed by atoms with Crippen molar-refractivity contribution in [1.29, 1.82) is 0 Å². The van der Waals surface area contributed by atoms with Gasteiger partial charge in [0.25, 0.3) is 11.6 Å². The molecule has 0 aromatic heterocycles. The number of urea groups is 1. The molecule has 1 fully saturated rings. The Morgan fingerprint density at radius 1 is 1.20 bits per heavy atom. The molecule has 154 valence electrons. The number of nitro groups is 1. The number of nitrogens with zero attached hydrogens (tertiary/aromatic N) is 2. The van der Waals surface area contributed by atoms with E-state index in [0.29, 0.717) is 5.56 Å². The molecule has 1 saturated heterocycles. The lowest BCUT2D eigenvalue weighted by Crippen LogP contribution is -2.42. The first-order valence-corrected chi connectivity index (χ1v) is 9.58. The van der Waals surface area contributed by atoms with Crippen LogP contribution in [0.1, 0.15) is 30.0 Å². The van der Waals surface area contributed by atoms with E-state index >= 15 is 0 Å². The van der Waals surface area contributed by atoms with Crippen LogP contribution in [-0.4, -0.2) is 34.2 Å². The first-order chi connectivity index (χ1) is 14.3. The number of rotatable bonds is 5. The van der Waals surface area contributed by atoms with Gasteiger partial charge in [0.1, 0.15) is 12.1 Å². The number of nitrogens with one attached hydrogen (secondary N) is 2. The van der Waals surface area contributed by atoms with Crippen molar-refractivity contribution in [3.8, 4) is 0 Å². The van der Waals surface area contributed by atoms with Crippen LogP contribution >= 0.6 is 0 Å². The third-order valence-corrected chi connectivity index (χ3v) is 5.59. The Bertz CT molecular complexity index is 1080. The summed E-state index contributed by atoms with van der Waals surface area (Å²) in [7, 11) is 0. The number of hydrogen-bond acceptors (Lipinski definition) is 5. The molecular formula is C21H20N4O5. The number of aryl methyl sites for hydroxylation is 2. The largest absolute Gasteiger partial charge is 0.325 e. The molecule has 1 aliphatic carbocycles. The molecule has 1 atom stereocenters. The molecule has 1 aliphatic heterocycles. The second-order valence-corrected chi connectivity index (χ2v) is 7.64. The van der Waals surface area contributed by atoms with Gasteiger partial charge in [-0.1, -0.05) is 24.3 Å². The number of non-ortho nitro benzene ring substituents is 1. The summed E-state index contributed by atoms with van der Waals surface area (Å²) in [6.45, 7) is 1.14. The van der Waals surface area contributed by atoms with E-state index in [4.69, 9.17) is 0 Å². The van der Waals surface area contributed by atoms with Crippen molar-refractivity contribution in [3.05, 3.63) is 69.3 Å². The number of amides is 4. The quantitative estimate of drug-likeness (QED) is 0.447. The topological polar surface area (TPSA) is 122 Å². The van der Waals surface area contributed by atoms with Crippen LogP contribution in [0.25, 0.3) is 0 Å². The SMILES string of the molecule is C[C@@]1(c2ccc3c(c2)CCC3)NC(=O)N(CC(=O)Nc2cccc([N+](=O)[O-])c2)C1=O. The summed E-state index contributed by atoms with van der Waals surface area (Å²) >= 11 is 0. The monoisotopic (exact) mass is 408 g/mol. The number of anilines is 1. The van der Waals surface area contributed by atoms with E-state index < -0.39 is 34.9 Å². The highest BCUT2D eigenvalue weighted by Gasteiger charge is 2.49. The van der Waals surface area contributed by atoms with E-state index in [2.05, 4.69) is 10.6 Å². The van der Waals surface area contributed by atoms with Gasteiger partial charge in [-0.25, -0.2) is 4.79 Å². The Kier molecular flexibility index (Phi) is 4.73. The van der Waals surface area contributed by atoms with Gasteiger partial charge in [0.05, 0.1) is 4.92 Å². The summed E-state index contributed by atoms with van der Waals surface area (Å²) in [5, 5.41) is 16.1. The zero-order valence-electron chi connectivity index (χ0n) is 16.3. The zero-order chi connectivity index (χ0) is 21.5. The van der Waals surface area contributed by atoms with Crippen LogP contribution in [0.5, 0.6) is 0 Å². The summed E-state index contributed by atoms with van der Waals surface area (Å²) in [5.74, 6) is -1.14. The van der Waals surface area contributed by atoms with Gasteiger partial charge < -0.3 is 10.6 Å². The van der Waals surface area contributed by atoms with E-state index in [1.165, 1.54) is 35.4 Å². The van der Waals surface area contributed by atoms with Crippen LogP contribution in [-0.2, 0) is 28.0 Å². The Morgan fingerprint density at radius 3 is 2.73 bits per heavy atom. The maximum absolute atomic E-state index is 13.0. The van der Waals surface area contributed by atoms with Crippen molar-refractivity contribution in [2.45, 2.75) is 31.7 Å². The summed E-state index contributed by atoms with van der Waals surface area (Å²) in [6, 6.07) is 10.6. The number of hydrogen-bond donors (Lipinski definition) is 2. The van der Waals surface area contributed by atoms with Crippen LogP contribution in [0.15, 0.2) is 42.5 Å². The van der Waals surface area contributed by atoms with Crippen LogP contribution in [0.4, 0.5) is 16.2 Å². The number of fused-ring (bicyclic) bond motifs is 1. The van der Waals surface area contributed by atoms with E-state index in [9.17, 15) is 24.5 Å². The highest BCUT2D eigenvalue weighted by atomic mass is 16.6. The predicted octanol–water partition coefficient (Wildman–Crippen LogP) is 2.49. The Hall–Kier alpha value is -3.75. The second kappa shape index (κ2) is 7.25. The molecule has 2 N–H and O–H groups in total. The minimum Gasteiger partial charge on any atom is -0.324 e. The molecule has 1 heterocycles. The fourth-order valence-electron chi connectivity index (χ4n) is 3.96. The summed E-state index contributed by atoms with van der Waals surface area (Å²) in [5.41, 5.74) is 1.91. The lowest BCUT2D eigenvalue weighted by molar-refractivity contribution is -0.384. The molecule has 2 aromatic rings. The van der Waals surface area contributed by atoms with Gasteiger partial charge in [0.2, 0.25) is 5.91 Å². The summed E-state index contributed by atoms with van der Waals surface area (Å²) < 4.78 is 0. The lowest BCUT2D eigenvalue weighted by atomic mass is 9.89. The number of nitro benzene ring substituents is 1. The average Bonchev–Trinajstić information content (AvgIpc) is 3.26. The van der Waals surface area contributed by atoms with Gasteiger partial charge in [-0.05, 0) is 48.9 Å². The van der Waals surface area contributed by atoms with Gasteiger partial charge in [-0.15, -0.1) is 0 Å². The van der Waals surface area contributed by atoms with E-state index in [-0.39, 0.29) is 11.4 Å². The third-order valence-electron chi connectivity index (χ3n) is 5.59. The first kappa shape index (κ1) is 19.6. The van der Waals surface area contributed by atoms with Gasteiger partial charge in [0.15, 0.2) is 0 Å². The third kappa shape index (κ3) is 3.38. The standard InChI is InChI=1S/C21H20N4O5/c1-21(15-9-8-13-4-2-5-14(13)10-15)19(27)24(20(28)23-21)12-18(26)22-16-6-3-7-17(11-16)25(29)30/h3,6-11H,2,4-5,12H2,1H3,(H,22,26)(H,23,28)/t21-/m0/s1. The molecule has 9 heteroatoms. The molecule has 0 spiro atoms. The smallest absolute Gasteiger partial charge is 0.324 e. The molecule has 2 aliphatic rings.